The van der Waals surface area contributed by atoms with E-state index >= 15 is 0 Å². The maximum absolute atomic E-state index is 12.6. The topological polar surface area (TPSA) is 60.9 Å². The van der Waals surface area contributed by atoms with Crippen molar-refractivity contribution < 1.29 is 13.5 Å². The molecule has 0 spiro atoms. The average Bonchev–Trinajstić information content (AvgIpc) is 2.73. The fourth-order valence-electron chi connectivity index (χ4n) is 2.33. The van der Waals surface area contributed by atoms with E-state index in [9.17, 15) is 8.42 Å². The summed E-state index contributed by atoms with van der Waals surface area (Å²) in [6.45, 7) is 5.98. The van der Waals surface area contributed by atoms with Crippen LogP contribution in [0, 0.1) is 6.92 Å². The van der Waals surface area contributed by atoms with Crippen molar-refractivity contribution in [3.05, 3.63) is 16.0 Å². The van der Waals surface area contributed by atoms with Gasteiger partial charge in [-0.1, -0.05) is 11.6 Å². The van der Waals surface area contributed by atoms with Crippen molar-refractivity contribution in [3.63, 3.8) is 0 Å². The number of thiophene rings is 1. The number of aliphatic hydroxyl groups excluding tert-OH is 1. The molecule has 20 heavy (non-hydrogen) atoms. The third-order valence-electron chi connectivity index (χ3n) is 3.54. The lowest BCUT2D eigenvalue weighted by Crippen LogP contribution is -2.53. The molecule has 1 atom stereocenters. The lowest BCUT2D eigenvalue weighted by Gasteiger charge is -2.38. The van der Waals surface area contributed by atoms with Gasteiger partial charge in [0.15, 0.2) is 0 Å². The van der Waals surface area contributed by atoms with Gasteiger partial charge in [0.1, 0.15) is 4.21 Å². The van der Waals surface area contributed by atoms with Gasteiger partial charge in [0.05, 0.1) is 10.9 Å². The Morgan fingerprint density at radius 3 is 2.70 bits per heavy atom. The number of aliphatic hydroxyl groups is 1. The molecule has 8 heteroatoms. The van der Waals surface area contributed by atoms with E-state index in [1.807, 2.05) is 6.92 Å². The zero-order chi connectivity index (χ0) is 14.9. The van der Waals surface area contributed by atoms with Gasteiger partial charge in [0, 0.05) is 32.2 Å². The largest absolute Gasteiger partial charge is 0.395 e. The maximum Gasteiger partial charge on any atom is 0.252 e. The molecule has 1 aromatic rings. The second-order valence-corrected chi connectivity index (χ2v) is 8.81. The number of rotatable bonds is 4. The predicted octanol–water partition coefficient (Wildman–Crippen LogP) is 1.40. The van der Waals surface area contributed by atoms with Gasteiger partial charge >= 0.3 is 0 Å². The summed E-state index contributed by atoms with van der Waals surface area (Å²) in [5.74, 6) is 0. The average molecular weight is 339 g/mol. The Kier molecular flexibility index (Phi) is 5.09. The molecule has 1 aliphatic heterocycles. The van der Waals surface area contributed by atoms with Crippen molar-refractivity contribution in [1.29, 1.82) is 0 Å². The lowest BCUT2D eigenvalue weighted by atomic mass is 10.2. The molecule has 0 bridgehead atoms. The minimum absolute atomic E-state index is 0.0941. The van der Waals surface area contributed by atoms with Crippen LogP contribution in [0.1, 0.15) is 12.5 Å². The van der Waals surface area contributed by atoms with Crippen molar-refractivity contribution in [2.75, 3.05) is 32.8 Å². The van der Waals surface area contributed by atoms with Crippen LogP contribution in [-0.4, -0.2) is 61.6 Å². The van der Waals surface area contributed by atoms with Gasteiger partial charge in [0.2, 0.25) is 0 Å². The van der Waals surface area contributed by atoms with E-state index in [-0.39, 0.29) is 12.6 Å². The fourth-order valence-corrected chi connectivity index (χ4v) is 5.70. The van der Waals surface area contributed by atoms with Gasteiger partial charge in [-0.2, -0.15) is 4.31 Å². The molecule has 0 unspecified atom stereocenters. The Morgan fingerprint density at radius 1 is 1.50 bits per heavy atom. The highest BCUT2D eigenvalue weighted by molar-refractivity contribution is 7.91. The van der Waals surface area contributed by atoms with Crippen LogP contribution < -0.4 is 0 Å². The lowest BCUT2D eigenvalue weighted by molar-refractivity contribution is 0.104. The Morgan fingerprint density at radius 2 is 2.20 bits per heavy atom. The van der Waals surface area contributed by atoms with Crippen LogP contribution in [0.5, 0.6) is 0 Å². The maximum atomic E-state index is 12.6. The number of nitrogens with zero attached hydrogens (tertiary/aromatic N) is 2. The highest BCUT2D eigenvalue weighted by Crippen LogP contribution is 2.32. The molecule has 2 rings (SSSR count). The monoisotopic (exact) mass is 338 g/mol. The van der Waals surface area contributed by atoms with Gasteiger partial charge in [-0.05, 0) is 25.5 Å². The van der Waals surface area contributed by atoms with E-state index in [1.54, 1.807) is 13.0 Å². The van der Waals surface area contributed by atoms with Crippen LogP contribution in [0.4, 0.5) is 0 Å². The molecule has 0 aromatic carbocycles. The van der Waals surface area contributed by atoms with Crippen LogP contribution in [0.25, 0.3) is 0 Å². The molecule has 0 amide bonds. The summed E-state index contributed by atoms with van der Waals surface area (Å²) in [5.41, 5.74) is 0.794. The van der Waals surface area contributed by atoms with E-state index in [0.29, 0.717) is 34.7 Å². The van der Waals surface area contributed by atoms with Gasteiger partial charge in [-0.15, -0.1) is 11.3 Å². The highest BCUT2D eigenvalue weighted by atomic mass is 35.5. The summed E-state index contributed by atoms with van der Waals surface area (Å²) < 4.78 is 27.5. The van der Waals surface area contributed by atoms with E-state index in [0.717, 1.165) is 16.9 Å². The molecule has 1 saturated heterocycles. The Bertz CT molecular complexity index is 554. The number of hydrogen-bond acceptors (Lipinski definition) is 5. The van der Waals surface area contributed by atoms with Crippen LogP contribution in [0.15, 0.2) is 10.3 Å². The molecule has 0 radical (unpaired) electrons. The predicted molar refractivity (Wildman–Crippen MR) is 80.9 cm³/mol. The van der Waals surface area contributed by atoms with Crippen molar-refractivity contribution >= 4 is 33.0 Å². The summed E-state index contributed by atoms with van der Waals surface area (Å²) in [6.07, 6.45) is 0. The van der Waals surface area contributed by atoms with E-state index in [4.69, 9.17) is 16.7 Å². The number of halogens is 1. The van der Waals surface area contributed by atoms with Gasteiger partial charge in [0.25, 0.3) is 10.0 Å². The molecular weight excluding hydrogens is 320 g/mol. The van der Waals surface area contributed by atoms with Crippen molar-refractivity contribution in [2.24, 2.45) is 0 Å². The van der Waals surface area contributed by atoms with Crippen LogP contribution in [0.2, 0.25) is 4.34 Å². The van der Waals surface area contributed by atoms with Gasteiger partial charge in [-0.25, -0.2) is 8.42 Å². The summed E-state index contributed by atoms with van der Waals surface area (Å²) in [7, 11) is -3.46. The second-order valence-electron chi connectivity index (χ2n) is 4.99. The first-order chi connectivity index (χ1) is 9.36. The first-order valence-corrected chi connectivity index (χ1v) is 9.10. The Labute approximate surface area is 128 Å². The quantitative estimate of drug-likeness (QED) is 0.901. The van der Waals surface area contributed by atoms with Crippen LogP contribution in [0.3, 0.4) is 0 Å². The minimum Gasteiger partial charge on any atom is -0.395 e. The SMILES string of the molecule is Cc1cc(S(=O)(=O)N2CCN(CCO)[C@H](C)C2)sc1Cl. The van der Waals surface area contributed by atoms with E-state index < -0.39 is 10.0 Å². The number of sulfonamides is 1. The fraction of sp³-hybridized carbons (Fsp3) is 0.667. The highest BCUT2D eigenvalue weighted by Gasteiger charge is 2.33. The molecule has 114 valence electrons. The number of piperazine rings is 1. The first-order valence-electron chi connectivity index (χ1n) is 6.47. The second kappa shape index (κ2) is 6.29. The zero-order valence-electron chi connectivity index (χ0n) is 11.5. The molecule has 2 heterocycles. The standard InChI is InChI=1S/C12H19ClN2O3S2/c1-9-7-11(19-12(9)13)20(17,18)15-4-3-14(5-6-16)10(2)8-15/h7,10,16H,3-6,8H2,1-2H3/t10-/m1/s1. The molecule has 1 N–H and O–H groups in total. The van der Waals surface area contributed by atoms with E-state index in [1.165, 1.54) is 4.31 Å². The molecular formula is C12H19ClN2O3S2. The van der Waals surface area contributed by atoms with Gasteiger partial charge in [-0.3, -0.25) is 4.90 Å². The molecule has 1 fully saturated rings. The number of aryl methyl sites for hydroxylation is 1. The first kappa shape index (κ1) is 16.2. The summed E-state index contributed by atoms with van der Waals surface area (Å²) in [6, 6.07) is 1.73. The number of hydrogen-bond donors (Lipinski definition) is 1. The smallest absolute Gasteiger partial charge is 0.252 e. The molecule has 0 aliphatic carbocycles. The zero-order valence-corrected chi connectivity index (χ0v) is 13.9. The minimum atomic E-state index is -3.46. The normalized spacial score (nSPS) is 22.3. The van der Waals surface area contributed by atoms with E-state index in [2.05, 4.69) is 4.90 Å². The summed E-state index contributed by atoms with van der Waals surface area (Å²) >= 11 is 7.08. The van der Waals surface area contributed by atoms with Crippen LogP contribution in [-0.2, 0) is 10.0 Å². The van der Waals surface area contributed by atoms with Crippen LogP contribution >= 0.6 is 22.9 Å². The number of β-amino-alcohol motifs (C(OH)–C–C–N with tert-alkyl or cyclic N) is 1. The van der Waals surface area contributed by atoms with Crippen molar-refractivity contribution in [3.8, 4) is 0 Å². The Balaban J connectivity index is 2.16. The van der Waals surface area contributed by atoms with Gasteiger partial charge < -0.3 is 5.11 Å². The summed E-state index contributed by atoms with van der Waals surface area (Å²) in [5, 5.41) is 8.99. The summed E-state index contributed by atoms with van der Waals surface area (Å²) in [4.78, 5) is 2.10. The molecule has 5 nitrogen and oxygen atoms in total. The van der Waals surface area contributed by atoms with Crippen molar-refractivity contribution in [2.45, 2.75) is 24.1 Å². The van der Waals surface area contributed by atoms with Crippen molar-refractivity contribution in [1.82, 2.24) is 9.21 Å². The molecule has 1 aliphatic rings. The Hall–Kier alpha value is -0.180. The molecule has 1 aromatic heterocycles. The third kappa shape index (κ3) is 3.18. The third-order valence-corrected chi connectivity index (χ3v) is 7.41. The molecule has 0 saturated carbocycles.